The van der Waals surface area contributed by atoms with Gasteiger partial charge >= 0.3 is 0 Å². The molecule has 2 fully saturated rings. The van der Waals surface area contributed by atoms with Crippen LogP contribution in [-0.2, 0) is 22.6 Å². The van der Waals surface area contributed by atoms with Crippen LogP contribution in [0, 0.1) is 5.92 Å². The van der Waals surface area contributed by atoms with Crippen molar-refractivity contribution >= 4 is 79.7 Å². The number of nitrogens with one attached hydrogen (secondary N) is 2. The number of halogens is 2. The summed E-state index contributed by atoms with van der Waals surface area (Å²) in [6.07, 6.45) is 7.50. The second-order valence-corrected chi connectivity index (χ2v) is 18.5. The first kappa shape index (κ1) is 45.2. The van der Waals surface area contributed by atoms with Gasteiger partial charge in [-0.2, -0.15) is 0 Å². The minimum absolute atomic E-state index is 0.00519. The number of fused-ring (bicyclic) bond motifs is 2. The summed E-state index contributed by atoms with van der Waals surface area (Å²) < 4.78 is 3.68. The molecule has 3 amide bonds. The number of anilines is 1. The van der Waals surface area contributed by atoms with E-state index in [1.165, 1.54) is 10.9 Å². The van der Waals surface area contributed by atoms with Crippen molar-refractivity contribution in [2.24, 2.45) is 5.92 Å². The van der Waals surface area contributed by atoms with Crippen LogP contribution in [0.3, 0.4) is 0 Å². The zero-order chi connectivity index (χ0) is 44.6. The predicted octanol–water partition coefficient (Wildman–Crippen LogP) is 6.38. The molecule has 0 aliphatic carbocycles. The van der Waals surface area contributed by atoms with Crippen molar-refractivity contribution in [3.63, 3.8) is 0 Å². The first-order chi connectivity index (χ1) is 31.0. The van der Waals surface area contributed by atoms with E-state index in [2.05, 4.69) is 51.5 Å². The molecule has 6 aromatic rings. The Balaban J connectivity index is 0.849. The van der Waals surface area contributed by atoms with Gasteiger partial charge in [0.1, 0.15) is 0 Å². The van der Waals surface area contributed by atoms with Crippen molar-refractivity contribution in [2.45, 2.75) is 50.7 Å². The van der Waals surface area contributed by atoms with Crippen molar-refractivity contribution in [3.8, 4) is 11.3 Å². The lowest BCUT2D eigenvalue weighted by Gasteiger charge is -2.39. The fourth-order valence-electron chi connectivity index (χ4n) is 8.51. The van der Waals surface area contributed by atoms with Gasteiger partial charge in [0.05, 0.1) is 45.6 Å². The molecule has 0 bridgehead atoms. The summed E-state index contributed by atoms with van der Waals surface area (Å²) in [5.74, 6) is -0.659. The van der Waals surface area contributed by atoms with E-state index in [-0.39, 0.29) is 35.7 Å². The number of likely N-dealkylation sites (tertiary alicyclic amines) is 1. The molecule has 1 unspecified atom stereocenters. The number of aromatic nitrogens is 4. The van der Waals surface area contributed by atoms with Crippen molar-refractivity contribution in [2.75, 3.05) is 57.7 Å². The number of carbonyl (C=O) groups excluding carboxylic acids is 3. The molecule has 14 nitrogen and oxygen atoms in total. The molecular formula is C48H51ClIN9O5. The molecule has 3 aromatic heterocycles. The van der Waals surface area contributed by atoms with Gasteiger partial charge < -0.3 is 25.5 Å². The average molecular weight is 996 g/mol. The molecule has 2 saturated heterocycles. The minimum atomic E-state index is -1.21. The molecule has 16 heteroatoms. The van der Waals surface area contributed by atoms with Gasteiger partial charge in [0.2, 0.25) is 11.8 Å². The first-order valence-corrected chi connectivity index (χ1v) is 23.1. The van der Waals surface area contributed by atoms with Crippen molar-refractivity contribution in [1.82, 2.24) is 37.7 Å². The second-order valence-electron chi connectivity index (χ2n) is 16.8. The van der Waals surface area contributed by atoms with Crippen molar-refractivity contribution in [3.05, 3.63) is 130 Å². The third-order valence-electron chi connectivity index (χ3n) is 12.2. The fraction of sp³-hybridized carbons (Fsp3) is 0.354. The Morgan fingerprint density at radius 2 is 1.67 bits per heavy atom. The molecule has 64 heavy (non-hydrogen) atoms. The van der Waals surface area contributed by atoms with Crippen LogP contribution in [0.2, 0.25) is 5.02 Å². The Labute approximate surface area is 390 Å². The fourth-order valence-corrected chi connectivity index (χ4v) is 9.20. The van der Waals surface area contributed by atoms with Crippen LogP contribution in [0.5, 0.6) is 0 Å². The Hall–Kier alpha value is -5.33. The van der Waals surface area contributed by atoms with Crippen LogP contribution in [0.25, 0.3) is 33.1 Å². The number of amides is 3. The van der Waals surface area contributed by atoms with Crippen molar-refractivity contribution < 1.29 is 19.5 Å². The van der Waals surface area contributed by atoms with Gasteiger partial charge in [-0.05, 0) is 86.2 Å². The van der Waals surface area contributed by atoms with Gasteiger partial charge in [-0.3, -0.25) is 28.7 Å². The SMILES string of the molecule is O=C(CCN1CCN(I)CC1)Nc1ccc2c(=O)n(CC3(O)CCN(C(=O)C(CCCNC(=O)c4ccc5c(Cl)cc(-c6cccnc6)nc5c4)Cc4ccccc4)CC3)cnc2c1. The number of hydrogen-bond acceptors (Lipinski definition) is 10. The van der Waals surface area contributed by atoms with E-state index in [1.54, 1.807) is 54.9 Å². The van der Waals surface area contributed by atoms with Crippen molar-refractivity contribution in [1.29, 1.82) is 0 Å². The zero-order valence-electron chi connectivity index (χ0n) is 35.5. The lowest BCUT2D eigenvalue weighted by molar-refractivity contribution is -0.140. The van der Waals surface area contributed by atoms with E-state index in [4.69, 9.17) is 16.6 Å². The van der Waals surface area contributed by atoms with Gasteiger partial charge in [-0.25, -0.2) is 13.1 Å². The van der Waals surface area contributed by atoms with Crippen LogP contribution < -0.4 is 16.2 Å². The van der Waals surface area contributed by atoms with Crippen LogP contribution in [0.1, 0.15) is 48.0 Å². The Bertz CT molecular complexity index is 2670. The van der Waals surface area contributed by atoms with Gasteiger partial charge in [0, 0.05) is 122 Å². The summed E-state index contributed by atoms with van der Waals surface area (Å²) in [4.78, 5) is 71.3. The quantitative estimate of drug-likeness (QED) is 0.0598. The number of rotatable bonds is 15. The molecule has 1 atom stereocenters. The highest BCUT2D eigenvalue weighted by molar-refractivity contribution is 14.1. The van der Waals surface area contributed by atoms with Crippen LogP contribution in [0.15, 0.2) is 108 Å². The van der Waals surface area contributed by atoms with Crippen LogP contribution in [-0.4, -0.2) is 113 Å². The van der Waals surface area contributed by atoms with E-state index in [0.29, 0.717) is 103 Å². The lowest BCUT2D eigenvalue weighted by atomic mass is 9.88. The third kappa shape index (κ3) is 11.3. The monoisotopic (exact) mass is 995 g/mol. The van der Waals surface area contributed by atoms with Crippen LogP contribution in [0.4, 0.5) is 5.69 Å². The Morgan fingerprint density at radius 1 is 0.891 bits per heavy atom. The number of piperazine rings is 1. The number of carbonyl (C=O) groups is 3. The molecular weight excluding hydrogens is 945 g/mol. The minimum Gasteiger partial charge on any atom is -0.388 e. The standard InChI is InChI=1S/C48H51ClIN9O5/c49-40-29-41(36-9-4-17-51-30-36)55-43-27-34(10-12-38(40)43)45(61)52-18-5-8-35(26-33-6-2-1-3-7-33)46(62)57-20-15-48(64,16-21-57)31-58-32-53-42-28-37(11-13-39(42)47(58)63)54-44(60)14-19-56-22-24-59(50)25-23-56/h1-4,6-7,9-13,17,27-30,32,35,64H,5,8,14-16,18-26,31H2,(H,52,61)(H,54,60). The molecule has 332 valence electrons. The second kappa shape index (κ2) is 20.7. The Morgan fingerprint density at radius 3 is 2.44 bits per heavy atom. The molecule has 8 rings (SSSR count). The summed E-state index contributed by atoms with van der Waals surface area (Å²) >= 11 is 8.92. The highest BCUT2D eigenvalue weighted by Gasteiger charge is 2.36. The van der Waals surface area contributed by atoms with Gasteiger partial charge in [0.25, 0.3) is 11.5 Å². The highest BCUT2D eigenvalue weighted by atomic mass is 127. The smallest absolute Gasteiger partial charge is 0.261 e. The number of aliphatic hydroxyl groups is 1. The molecule has 3 N–H and O–H groups in total. The predicted molar refractivity (Wildman–Crippen MR) is 257 cm³/mol. The van der Waals surface area contributed by atoms with Gasteiger partial charge in [-0.1, -0.05) is 48.0 Å². The maximum atomic E-state index is 14.2. The molecule has 2 aliphatic heterocycles. The first-order valence-electron chi connectivity index (χ1n) is 21.8. The van der Waals surface area contributed by atoms with Gasteiger partial charge in [-0.15, -0.1) is 0 Å². The number of benzene rings is 3. The van der Waals surface area contributed by atoms with E-state index in [0.717, 1.165) is 42.7 Å². The number of pyridine rings is 2. The topological polar surface area (TPSA) is 166 Å². The maximum Gasteiger partial charge on any atom is 0.261 e. The maximum absolute atomic E-state index is 14.2. The molecule has 5 heterocycles. The van der Waals surface area contributed by atoms with E-state index < -0.39 is 5.60 Å². The molecule has 2 aliphatic rings. The molecule has 0 radical (unpaired) electrons. The average Bonchev–Trinajstić information content (AvgIpc) is 3.31. The largest absolute Gasteiger partial charge is 0.388 e. The highest BCUT2D eigenvalue weighted by Crippen LogP contribution is 2.30. The number of hydrogen-bond donors (Lipinski definition) is 3. The number of nitrogens with zero attached hydrogens (tertiary/aromatic N) is 7. The van der Waals surface area contributed by atoms with Crippen LogP contribution >= 0.6 is 34.5 Å². The van der Waals surface area contributed by atoms with Gasteiger partial charge in [0.15, 0.2) is 0 Å². The lowest BCUT2D eigenvalue weighted by Crippen LogP contribution is -2.51. The van der Waals surface area contributed by atoms with E-state index >= 15 is 0 Å². The molecule has 0 saturated carbocycles. The summed E-state index contributed by atoms with van der Waals surface area (Å²) in [5.41, 5.74) is 3.14. The molecule has 0 spiro atoms. The molecule has 3 aromatic carbocycles. The third-order valence-corrected chi connectivity index (χ3v) is 13.5. The summed E-state index contributed by atoms with van der Waals surface area (Å²) in [6.45, 7) is 5.62. The zero-order valence-corrected chi connectivity index (χ0v) is 38.4. The van der Waals surface area contributed by atoms with E-state index in [1.807, 2.05) is 47.4 Å². The summed E-state index contributed by atoms with van der Waals surface area (Å²) in [6, 6.07) is 25.8. The summed E-state index contributed by atoms with van der Waals surface area (Å²) in [7, 11) is 0. The normalized spacial score (nSPS) is 16.1. The Kier molecular flexibility index (Phi) is 14.6. The summed E-state index contributed by atoms with van der Waals surface area (Å²) in [5, 5.41) is 19.3. The number of piperidine rings is 1. The van der Waals surface area contributed by atoms with E-state index in [9.17, 15) is 24.3 Å².